The Morgan fingerprint density at radius 2 is 1.92 bits per heavy atom. The van der Waals surface area contributed by atoms with E-state index in [1.807, 2.05) is 0 Å². The van der Waals surface area contributed by atoms with Crippen LogP contribution < -0.4 is 19.6 Å². The van der Waals surface area contributed by atoms with E-state index in [1.54, 1.807) is 42.5 Å². The van der Waals surface area contributed by atoms with Crippen molar-refractivity contribution in [2.75, 3.05) is 19.8 Å². The lowest BCUT2D eigenvalue weighted by Crippen LogP contribution is -2.19. The average Bonchev–Trinajstić information content (AvgIpc) is 2.66. The summed E-state index contributed by atoms with van der Waals surface area (Å²) < 4.78 is 16.0. The third-order valence-electron chi connectivity index (χ3n) is 3.44. The summed E-state index contributed by atoms with van der Waals surface area (Å²) in [6, 6.07) is 11.6. The Labute approximate surface area is 149 Å². The first-order valence-corrected chi connectivity index (χ1v) is 7.80. The number of nitrogens with one attached hydrogen (secondary N) is 1. The van der Waals surface area contributed by atoms with E-state index >= 15 is 0 Å². The SMILES string of the molecule is O=C(O)COc1ccccc1C=NNC(=O)c1ccc2c(c1)OCCO2. The van der Waals surface area contributed by atoms with E-state index in [0.29, 0.717) is 41.6 Å². The second kappa shape index (κ2) is 8.02. The summed E-state index contributed by atoms with van der Waals surface area (Å²) >= 11 is 0. The van der Waals surface area contributed by atoms with Crippen molar-refractivity contribution in [3.63, 3.8) is 0 Å². The van der Waals surface area contributed by atoms with Gasteiger partial charge >= 0.3 is 5.97 Å². The van der Waals surface area contributed by atoms with Gasteiger partial charge in [0.2, 0.25) is 0 Å². The van der Waals surface area contributed by atoms with Crippen LogP contribution in [0.5, 0.6) is 17.2 Å². The number of carboxylic acid groups (broad SMARTS) is 1. The van der Waals surface area contributed by atoms with Crippen molar-refractivity contribution >= 4 is 18.1 Å². The summed E-state index contributed by atoms with van der Waals surface area (Å²) in [6.45, 7) is 0.448. The lowest BCUT2D eigenvalue weighted by atomic mass is 10.2. The van der Waals surface area contributed by atoms with Crippen LogP contribution in [0, 0.1) is 0 Å². The summed E-state index contributed by atoms with van der Waals surface area (Å²) in [5.41, 5.74) is 3.32. The van der Waals surface area contributed by atoms with E-state index in [-0.39, 0.29) is 0 Å². The number of carbonyl (C=O) groups is 2. The highest BCUT2D eigenvalue weighted by molar-refractivity contribution is 5.95. The molecule has 2 aromatic carbocycles. The molecule has 0 aromatic heterocycles. The van der Waals surface area contributed by atoms with Gasteiger partial charge in [-0.15, -0.1) is 0 Å². The van der Waals surface area contributed by atoms with E-state index in [1.165, 1.54) is 6.21 Å². The molecule has 0 spiro atoms. The highest BCUT2D eigenvalue weighted by Gasteiger charge is 2.14. The molecule has 1 amide bonds. The molecule has 0 atom stereocenters. The quantitative estimate of drug-likeness (QED) is 0.602. The second-order valence-electron chi connectivity index (χ2n) is 5.28. The minimum atomic E-state index is -1.08. The summed E-state index contributed by atoms with van der Waals surface area (Å²) in [6.07, 6.45) is 1.38. The topological polar surface area (TPSA) is 106 Å². The van der Waals surface area contributed by atoms with Crippen molar-refractivity contribution in [3.8, 4) is 17.2 Å². The monoisotopic (exact) mass is 356 g/mol. The molecule has 0 aliphatic carbocycles. The van der Waals surface area contributed by atoms with Gasteiger partial charge in [-0.1, -0.05) is 12.1 Å². The molecule has 0 bridgehead atoms. The smallest absolute Gasteiger partial charge is 0.341 e. The molecule has 1 heterocycles. The zero-order chi connectivity index (χ0) is 18.4. The Bertz CT molecular complexity index is 849. The summed E-state index contributed by atoms with van der Waals surface area (Å²) in [4.78, 5) is 22.8. The lowest BCUT2D eigenvalue weighted by Gasteiger charge is -2.18. The van der Waals surface area contributed by atoms with E-state index in [2.05, 4.69) is 10.5 Å². The molecule has 26 heavy (non-hydrogen) atoms. The first-order chi connectivity index (χ1) is 12.6. The molecule has 0 fully saturated rings. The molecular weight excluding hydrogens is 340 g/mol. The maximum absolute atomic E-state index is 12.2. The van der Waals surface area contributed by atoms with Gasteiger partial charge in [-0.3, -0.25) is 4.79 Å². The van der Waals surface area contributed by atoms with Crippen LogP contribution in [-0.4, -0.2) is 43.0 Å². The van der Waals surface area contributed by atoms with Crippen LogP contribution in [0.15, 0.2) is 47.6 Å². The molecule has 134 valence electrons. The van der Waals surface area contributed by atoms with Gasteiger partial charge in [0.15, 0.2) is 18.1 Å². The van der Waals surface area contributed by atoms with Crippen molar-refractivity contribution in [2.45, 2.75) is 0 Å². The van der Waals surface area contributed by atoms with Gasteiger partial charge in [-0.2, -0.15) is 5.10 Å². The number of hydrogen-bond acceptors (Lipinski definition) is 6. The summed E-state index contributed by atoms with van der Waals surface area (Å²) in [5, 5.41) is 12.6. The second-order valence-corrected chi connectivity index (χ2v) is 5.28. The number of fused-ring (bicyclic) bond motifs is 1. The largest absolute Gasteiger partial charge is 0.486 e. The predicted octanol–water partition coefficient (Wildman–Crippen LogP) is 1.69. The van der Waals surface area contributed by atoms with Crippen LogP contribution in [0.4, 0.5) is 0 Å². The standard InChI is InChI=1S/C18H16N2O6/c21-17(22)11-26-14-4-2-1-3-13(14)10-19-20-18(23)12-5-6-15-16(9-12)25-8-7-24-15/h1-6,9-10H,7-8,11H2,(H,20,23)(H,21,22). The lowest BCUT2D eigenvalue weighted by molar-refractivity contribution is -0.139. The van der Waals surface area contributed by atoms with Crippen molar-refractivity contribution in [1.29, 1.82) is 0 Å². The van der Waals surface area contributed by atoms with Gasteiger partial charge in [0.1, 0.15) is 19.0 Å². The Morgan fingerprint density at radius 1 is 1.15 bits per heavy atom. The zero-order valence-electron chi connectivity index (χ0n) is 13.7. The highest BCUT2D eigenvalue weighted by Crippen LogP contribution is 2.30. The molecule has 0 radical (unpaired) electrons. The maximum Gasteiger partial charge on any atom is 0.341 e. The van der Waals surface area contributed by atoms with Gasteiger partial charge in [-0.25, -0.2) is 10.2 Å². The fourth-order valence-electron chi connectivity index (χ4n) is 2.27. The molecule has 8 nitrogen and oxygen atoms in total. The van der Waals surface area contributed by atoms with Gasteiger partial charge in [-0.05, 0) is 30.3 Å². The van der Waals surface area contributed by atoms with Crippen LogP contribution >= 0.6 is 0 Å². The van der Waals surface area contributed by atoms with Crippen LogP contribution in [0.2, 0.25) is 0 Å². The minimum absolute atomic E-state index is 0.354. The number of nitrogens with zero attached hydrogens (tertiary/aromatic N) is 1. The van der Waals surface area contributed by atoms with E-state index in [9.17, 15) is 9.59 Å². The van der Waals surface area contributed by atoms with Crippen molar-refractivity contribution in [3.05, 3.63) is 53.6 Å². The number of carboxylic acids is 1. The Morgan fingerprint density at radius 3 is 2.73 bits per heavy atom. The van der Waals surface area contributed by atoms with Gasteiger partial charge in [0.25, 0.3) is 5.91 Å². The Balaban J connectivity index is 1.65. The highest BCUT2D eigenvalue weighted by atomic mass is 16.6. The molecule has 0 unspecified atom stereocenters. The summed E-state index contributed by atoms with van der Waals surface area (Å²) in [5.74, 6) is -0.0286. The van der Waals surface area contributed by atoms with Crippen molar-refractivity contribution in [2.24, 2.45) is 5.10 Å². The van der Waals surface area contributed by atoms with E-state index < -0.39 is 18.5 Å². The predicted molar refractivity (Wildman–Crippen MR) is 92.1 cm³/mol. The Kier molecular flexibility index (Phi) is 5.33. The number of benzene rings is 2. The molecule has 8 heteroatoms. The number of amides is 1. The first kappa shape index (κ1) is 17.3. The number of rotatable bonds is 6. The fraction of sp³-hybridized carbons (Fsp3) is 0.167. The number of carbonyl (C=O) groups excluding carboxylic acids is 1. The molecular formula is C18H16N2O6. The van der Waals surface area contributed by atoms with Crippen molar-refractivity contribution in [1.82, 2.24) is 5.43 Å². The molecule has 2 N–H and O–H groups in total. The third-order valence-corrected chi connectivity index (χ3v) is 3.44. The molecule has 2 aromatic rings. The number of aliphatic carboxylic acids is 1. The van der Waals surface area contributed by atoms with Crippen LogP contribution in [0.1, 0.15) is 15.9 Å². The van der Waals surface area contributed by atoms with Gasteiger partial charge in [0, 0.05) is 11.1 Å². The van der Waals surface area contributed by atoms with Gasteiger partial charge in [0.05, 0.1) is 6.21 Å². The fourth-order valence-corrected chi connectivity index (χ4v) is 2.27. The minimum Gasteiger partial charge on any atom is -0.486 e. The van der Waals surface area contributed by atoms with E-state index in [0.717, 1.165) is 0 Å². The molecule has 1 aliphatic rings. The van der Waals surface area contributed by atoms with Crippen LogP contribution in [0.3, 0.4) is 0 Å². The van der Waals surface area contributed by atoms with E-state index in [4.69, 9.17) is 19.3 Å². The first-order valence-electron chi connectivity index (χ1n) is 7.80. The van der Waals surface area contributed by atoms with Crippen molar-refractivity contribution < 1.29 is 28.9 Å². The molecule has 1 aliphatic heterocycles. The zero-order valence-corrected chi connectivity index (χ0v) is 13.7. The number of hydrazone groups is 1. The molecule has 3 rings (SSSR count). The third kappa shape index (κ3) is 4.29. The normalized spacial score (nSPS) is 12.6. The number of hydrogen-bond donors (Lipinski definition) is 2. The summed E-state index contributed by atoms with van der Waals surface area (Å²) in [7, 11) is 0. The van der Waals surface area contributed by atoms with Crippen LogP contribution in [-0.2, 0) is 4.79 Å². The van der Waals surface area contributed by atoms with Gasteiger partial charge < -0.3 is 19.3 Å². The molecule has 0 saturated heterocycles. The number of ether oxygens (including phenoxy) is 3. The van der Waals surface area contributed by atoms with Crippen LogP contribution in [0.25, 0.3) is 0 Å². The maximum atomic E-state index is 12.2. The Hall–Kier alpha value is -3.55. The average molecular weight is 356 g/mol. The number of para-hydroxylation sites is 1. The molecule has 0 saturated carbocycles.